The summed E-state index contributed by atoms with van der Waals surface area (Å²) < 4.78 is 4.95. The van der Waals surface area contributed by atoms with Crippen molar-refractivity contribution in [3.63, 3.8) is 0 Å². The third-order valence-electron chi connectivity index (χ3n) is 1.21. The van der Waals surface area contributed by atoms with Gasteiger partial charge in [0.15, 0.2) is 0 Å². The Hall–Kier alpha value is -0.990. The number of nitrogens with two attached hydrogens (primary N) is 1. The number of nitrogens with zero attached hydrogens (tertiary/aromatic N) is 1. The second kappa shape index (κ2) is 4.77. The van der Waals surface area contributed by atoms with E-state index in [4.69, 9.17) is 10.5 Å². The van der Waals surface area contributed by atoms with Gasteiger partial charge >= 0.3 is 0 Å². The van der Waals surface area contributed by atoms with Gasteiger partial charge in [0.1, 0.15) is 0 Å². The zero-order valence-electron chi connectivity index (χ0n) is 7.59. The van der Waals surface area contributed by atoms with Crippen molar-refractivity contribution >= 4 is 5.84 Å². The van der Waals surface area contributed by atoms with Crippen LogP contribution in [0.4, 0.5) is 0 Å². The first-order valence-electron chi connectivity index (χ1n) is 3.58. The topological polar surface area (TPSA) is 47.6 Å². The zero-order chi connectivity index (χ0) is 8.85. The monoisotopic (exact) mass is 156 g/mol. The van der Waals surface area contributed by atoms with E-state index in [0.717, 1.165) is 5.76 Å². The minimum atomic E-state index is 0.0972. The van der Waals surface area contributed by atoms with E-state index in [0.29, 0.717) is 5.84 Å². The van der Waals surface area contributed by atoms with Crippen LogP contribution in [0.2, 0.25) is 0 Å². The van der Waals surface area contributed by atoms with Crippen LogP contribution in [0.25, 0.3) is 0 Å². The number of ether oxygens (including phenoxy) is 1. The third kappa shape index (κ3) is 5.45. The quantitative estimate of drug-likeness (QED) is 0.380. The number of aliphatic imine (C=N–C) groups is 1. The molecule has 0 saturated carbocycles. The van der Waals surface area contributed by atoms with Gasteiger partial charge in [-0.2, -0.15) is 0 Å². The standard InChI is InChI=1S/C8H16N2O/c1-6(10-8(3)9)5-7(2)11-4/h5-6H,1-4H3,(H2,9,10)/b7-5+. The Morgan fingerprint density at radius 1 is 1.55 bits per heavy atom. The van der Waals surface area contributed by atoms with Gasteiger partial charge in [-0.05, 0) is 26.8 Å². The molecule has 0 aromatic heterocycles. The Kier molecular flexibility index (Phi) is 4.34. The summed E-state index contributed by atoms with van der Waals surface area (Å²) in [7, 11) is 1.64. The normalized spacial score (nSPS) is 16.4. The van der Waals surface area contributed by atoms with Crippen LogP contribution in [0.3, 0.4) is 0 Å². The number of amidine groups is 1. The molecule has 2 N–H and O–H groups in total. The van der Waals surface area contributed by atoms with Crippen molar-refractivity contribution in [1.29, 1.82) is 0 Å². The lowest BCUT2D eigenvalue weighted by atomic mass is 10.3. The fourth-order valence-corrected chi connectivity index (χ4v) is 0.766. The van der Waals surface area contributed by atoms with Crippen molar-refractivity contribution in [3.05, 3.63) is 11.8 Å². The number of hydrogen-bond acceptors (Lipinski definition) is 2. The van der Waals surface area contributed by atoms with Crippen LogP contribution in [0.1, 0.15) is 20.8 Å². The summed E-state index contributed by atoms with van der Waals surface area (Å²) >= 11 is 0. The Morgan fingerprint density at radius 2 is 2.09 bits per heavy atom. The molecule has 0 aliphatic carbocycles. The summed E-state index contributed by atoms with van der Waals surface area (Å²) in [5.74, 6) is 1.46. The Balaban J connectivity index is 4.06. The summed E-state index contributed by atoms with van der Waals surface area (Å²) in [6, 6.07) is 0.0972. The summed E-state index contributed by atoms with van der Waals surface area (Å²) in [5.41, 5.74) is 5.39. The molecule has 64 valence electrons. The van der Waals surface area contributed by atoms with Crippen LogP contribution in [-0.2, 0) is 4.74 Å². The molecule has 0 amide bonds. The van der Waals surface area contributed by atoms with E-state index in [-0.39, 0.29) is 6.04 Å². The van der Waals surface area contributed by atoms with E-state index in [1.807, 2.05) is 19.9 Å². The highest BCUT2D eigenvalue weighted by Gasteiger charge is 1.94. The summed E-state index contributed by atoms with van der Waals surface area (Å²) in [4.78, 5) is 4.10. The van der Waals surface area contributed by atoms with Gasteiger partial charge in [-0.3, -0.25) is 4.99 Å². The van der Waals surface area contributed by atoms with Crippen molar-refractivity contribution in [2.24, 2.45) is 10.7 Å². The third-order valence-corrected chi connectivity index (χ3v) is 1.21. The van der Waals surface area contributed by atoms with E-state index < -0.39 is 0 Å². The highest BCUT2D eigenvalue weighted by Crippen LogP contribution is 1.99. The first kappa shape index (κ1) is 10.0. The van der Waals surface area contributed by atoms with E-state index >= 15 is 0 Å². The molecule has 0 aromatic carbocycles. The van der Waals surface area contributed by atoms with Gasteiger partial charge in [0, 0.05) is 0 Å². The second-order valence-electron chi connectivity index (χ2n) is 2.49. The van der Waals surface area contributed by atoms with Crippen LogP contribution in [0.5, 0.6) is 0 Å². The molecule has 0 spiro atoms. The van der Waals surface area contributed by atoms with E-state index in [9.17, 15) is 0 Å². The maximum atomic E-state index is 5.39. The van der Waals surface area contributed by atoms with Crippen molar-refractivity contribution < 1.29 is 4.74 Å². The van der Waals surface area contributed by atoms with Crippen molar-refractivity contribution in [2.75, 3.05) is 7.11 Å². The molecule has 0 aliphatic rings. The lowest BCUT2D eigenvalue weighted by molar-refractivity contribution is 0.291. The fraction of sp³-hybridized carbons (Fsp3) is 0.625. The highest BCUT2D eigenvalue weighted by atomic mass is 16.5. The Labute approximate surface area is 68.0 Å². The Morgan fingerprint density at radius 3 is 2.45 bits per heavy atom. The molecule has 3 heteroatoms. The van der Waals surface area contributed by atoms with Gasteiger partial charge in [-0.1, -0.05) is 0 Å². The maximum absolute atomic E-state index is 5.39. The second-order valence-corrected chi connectivity index (χ2v) is 2.49. The number of hydrogen-bond donors (Lipinski definition) is 1. The van der Waals surface area contributed by atoms with Gasteiger partial charge in [0.05, 0.1) is 24.7 Å². The van der Waals surface area contributed by atoms with Crippen LogP contribution in [0.15, 0.2) is 16.8 Å². The molecule has 0 saturated heterocycles. The highest BCUT2D eigenvalue weighted by molar-refractivity contribution is 5.77. The molecule has 3 nitrogen and oxygen atoms in total. The summed E-state index contributed by atoms with van der Waals surface area (Å²) in [6.07, 6.45) is 1.91. The molecule has 0 aromatic rings. The summed E-state index contributed by atoms with van der Waals surface area (Å²) in [6.45, 7) is 5.61. The lowest BCUT2D eigenvalue weighted by Crippen LogP contribution is -2.09. The molecule has 0 radical (unpaired) electrons. The molecular weight excluding hydrogens is 140 g/mol. The summed E-state index contributed by atoms with van der Waals surface area (Å²) in [5, 5.41) is 0. The molecule has 0 fully saturated rings. The van der Waals surface area contributed by atoms with Gasteiger partial charge in [0.25, 0.3) is 0 Å². The first-order chi connectivity index (χ1) is 5.06. The molecule has 11 heavy (non-hydrogen) atoms. The van der Waals surface area contributed by atoms with Crippen LogP contribution >= 0.6 is 0 Å². The van der Waals surface area contributed by atoms with Gasteiger partial charge in [-0.15, -0.1) is 0 Å². The predicted molar refractivity (Wildman–Crippen MR) is 47.5 cm³/mol. The molecule has 0 rings (SSSR count). The van der Waals surface area contributed by atoms with Crippen LogP contribution in [0, 0.1) is 0 Å². The average Bonchev–Trinajstić information content (AvgIpc) is 1.85. The van der Waals surface area contributed by atoms with Crippen molar-refractivity contribution in [1.82, 2.24) is 0 Å². The molecule has 0 heterocycles. The minimum absolute atomic E-state index is 0.0972. The SMILES string of the molecule is CO/C(C)=C/C(C)N=C(C)N. The minimum Gasteiger partial charge on any atom is -0.502 e. The Bertz CT molecular complexity index is 169. The number of rotatable bonds is 3. The van der Waals surface area contributed by atoms with E-state index in [1.54, 1.807) is 14.0 Å². The van der Waals surface area contributed by atoms with Gasteiger partial charge < -0.3 is 10.5 Å². The molecule has 0 aliphatic heterocycles. The molecule has 0 bridgehead atoms. The van der Waals surface area contributed by atoms with E-state index in [1.165, 1.54) is 0 Å². The smallest absolute Gasteiger partial charge is 0.0912 e. The maximum Gasteiger partial charge on any atom is 0.0912 e. The molecule has 1 atom stereocenters. The number of methoxy groups -OCH3 is 1. The number of allylic oxidation sites excluding steroid dienone is 1. The predicted octanol–water partition coefficient (Wildman–Crippen LogP) is 1.30. The van der Waals surface area contributed by atoms with Crippen molar-refractivity contribution in [3.8, 4) is 0 Å². The van der Waals surface area contributed by atoms with Gasteiger partial charge in [0.2, 0.25) is 0 Å². The molecular formula is C8H16N2O. The zero-order valence-corrected chi connectivity index (χ0v) is 7.59. The first-order valence-corrected chi connectivity index (χ1v) is 3.58. The van der Waals surface area contributed by atoms with Crippen LogP contribution in [-0.4, -0.2) is 19.0 Å². The molecule has 1 unspecified atom stereocenters. The van der Waals surface area contributed by atoms with Gasteiger partial charge in [-0.25, -0.2) is 0 Å². The van der Waals surface area contributed by atoms with Crippen molar-refractivity contribution in [2.45, 2.75) is 26.8 Å². The van der Waals surface area contributed by atoms with Crippen LogP contribution < -0.4 is 5.73 Å². The largest absolute Gasteiger partial charge is 0.502 e. The fourth-order valence-electron chi connectivity index (χ4n) is 0.766. The average molecular weight is 156 g/mol. The lowest BCUT2D eigenvalue weighted by Gasteiger charge is -2.02. The van der Waals surface area contributed by atoms with E-state index in [2.05, 4.69) is 4.99 Å².